The lowest BCUT2D eigenvalue weighted by Gasteiger charge is -2.45. The highest BCUT2D eigenvalue weighted by Gasteiger charge is 2.42. The highest BCUT2D eigenvalue weighted by molar-refractivity contribution is 6.30. The fourth-order valence-electron chi connectivity index (χ4n) is 5.64. The number of hydrogen-bond acceptors (Lipinski definition) is 4. The molecule has 1 aliphatic carbocycles. The van der Waals surface area contributed by atoms with Gasteiger partial charge in [-0.2, -0.15) is 0 Å². The van der Waals surface area contributed by atoms with Crippen molar-refractivity contribution in [3.05, 3.63) is 69.9 Å². The van der Waals surface area contributed by atoms with E-state index in [4.69, 9.17) is 16.3 Å². The highest BCUT2D eigenvalue weighted by Crippen LogP contribution is 2.33. The molecule has 2 aromatic carbocycles. The van der Waals surface area contributed by atoms with E-state index >= 15 is 0 Å². The number of piperazine rings is 1. The van der Waals surface area contributed by atoms with Gasteiger partial charge in [-0.15, -0.1) is 0 Å². The van der Waals surface area contributed by atoms with Gasteiger partial charge in [0, 0.05) is 36.9 Å². The molecule has 2 unspecified atom stereocenters. The summed E-state index contributed by atoms with van der Waals surface area (Å²) in [5.74, 6) is 0.172. The van der Waals surface area contributed by atoms with Crippen molar-refractivity contribution >= 4 is 35.2 Å². The zero-order valence-corrected chi connectivity index (χ0v) is 21.8. The summed E-state index contributed by atoms with van der Waals surface area (Å²) >= 11 is 6.22. The van der Waals surface area contributed by atoms with E-state index in [0.29, 0.717) is 18.8 Å². The van der Waals surface area contributed by atoms with E-state index in [-0.39, 0.29) is 30.5 Å². The van der Waals surface area contributed by atoms with Crippen LogP contribution in [-0.2, 0) is 14.3 Å². The number of rotatable bonds is 4. The van der Waals surface area contributed by atoms with Gasteiger partial charge in [-0.3, -0.25) is 9.59 Å². The van der Waals surface area contributed by atoms with Gasteiger partial charge in [0.15, 0.2) is 5.76 Å². The molecule has 5 rings (SSSR count). The quantitative estimate of drug-likeness (QED) is 0.557. The number of benzene rings is 2. The lowest BCUT2D eigenvalue weighted by atomic mass is 9.89. The third-order valence-corrected chi connectivity index (χ3v) is 7.84. The summed E-state index contributed by atoms with van der Waals surface area (Å²) in [7, 11) is 0. The molecule has 2 aliphatic heterocycles. The van der Waals surface area contributed by atoms with Crippen molar-refractivity contribution in [1.82, 2.24) is 9.80 Å². The summed E-state index contributed by atoms with van der Waals surface area (Å²) in [6.07, 6.45) is 5.69. The molecule has 0 N–H and O–H groups in total. The fraction of sp³-hybridized carbons (Fsp3) is 0.448. The summed E-state index contributed by atoms with van der Waals surface area (Å²) in [5, 5.41) is 0.719. The number of hydrogen-bond donors (Lipinski definition) is 0. The Kier molecular flexibility index (Phi) is 7.24. The van der Waals surface area contributed by atoms with Crippen LogP contribution in [0.3, 0.4) is 0 Å². The molecule has 1 saturated carbocycles. The minimum atomic E-state index is -0.179. The van der Waals surface area contributed by atoms with E-state index in [1.165, 1.54) is 5.56 Å². The van der Waals surface area contributed by atoms with Crippen LogP contribution in [0.1, 0.15) is 42.4 Å². The molecule has 190 valence electrons. The first-order chi connectivity index (χ1) is 17.4. The molecule has 2 atom stereocenters. The predicted octanol–water partition coefficient (Wildman–Crippen LogP) is 4.82. The standard InChI is InChI=1S/C29H34ClN3O3/c1-20-6-5-7-22(16-20)17-27-29(35)33(24-8-3-4-9-26(24)36-27)19-28(34)32-14-12-31(13-15-32)25-18-23(30)11-10-21(25)2/h5-7,10-11,16-18,24,26H,3-4,8-9,12-15,19H2,1-2H3/b27-17+. The Morgan fingerprint density at radius 2 is 1.83 bits per heavy atom. The van der Waals surface area contributed by atoms with Gasteiger partial charge in [0.25, 0.3) is 5.91 Å². The second-order valence-electron chi connectivity index (χ2n) is 10.2. The first-order valence-electron chi connectivity index (χ1n) is 12.9. The van der Waals surface area contributed by atoms with Crippen molar-refractivity contribution in [2.75, 3.05) is 37.6 Å². The topological polar surface area (TPSA) is 53.1 Å². The Labute approximate surface area is 218 Å². The number of aryl methyl sites for hydroxylation is 2. The molecule has 3 aliphatic rings. The molecule has 0 spiro atoms. The van der Waals surface area contributed by atoms with Crippen LogP contribution in [0, 0.1) is 13.8 Å². The van der Waals surface area contributed by atoms with Crippen LogP contribution in [0.4, 0.5) is 5.69 Å². The van der Waals surface area contributed by atoms with E-state index in [1.807, 2.05) is 60.4 Å². The molecule has 36 heavy (non-hydrogen) atoms. The Morgan fingerprint density at radius 1 is 1.06 bits per heavy atom. The minimum Gasteiger partial charge on any atom is -0.482 e. The average molecular weight is 508 g/mol. The smallest absolute Gasteiger partial charge is 0.289 e. The number of halogens is 1. The van der Waals surface area contributed by atoms with Gasteiger partial charge in [-0.1, -0.05) is 53.9 Å². The van der Waals surface area contributed by atoms with Gasteiger partial charge < -0.3 is 19.4 Å². The molecule has 0 bridgehead atoms. The van der Waals surface area contributed by atoms with Gasteiger partial charge in [0.2, 0.25) is 5.91 Å². The van der Waals surface area contributed by atoms with Crippen molar-refractivity contribution in [1.29, 1.82) is 0 Å². The Morgan fingerprint density at radius 3 is 2.61 bits per heavy atom. The van der Waals surface area contributed by atoms with E-state index < -0.39 is 0 Å². The average Bonchev–Trinajstić information content (AvgIpc) is 2.88. The highest BCUT2D eigenvalue weighted by atomic mass is 35.5. The van der Waals surface area contributed by atoms with E-state index in [1.54, 1.807) is 4.90 Å². The molecule has 0 radical (unpaired) electrons. The van der Waals surface area contributed by atoms with E-state index in [9.17, 15) is 9.59 Å². The van der Waals surface area contributed by atoms with Gasteiger partial charge in [0.1, 0.15) is 12.6 Å². The second kappa shape index (κ2) is 10.6. The zero-order chi connectivity index (χ0) is 25.2. The predicted molar refractivity (Wildman–Crippen MR) is 143 cm³/mol. The van der Waals surface area contributed by atoms with Crippen molar-refractivity contribution in [3.63, 3.8) is 0 Å². The molecular formula is C29H34ClN3O3. The Bertz CT molecular complexity index is 1170. The van der Waals surface area contributed by atoms with Crippen LogP contribution in [0.5, 0.6) is 0 Å². The number of nitrogens with zero attached hydrogens (tertiary/aromatic N) is 3. The number of fused-ring (bicyclic) bond motifs is 1. The van der Waals surface area contributed by atoms with Crippen molar-refractivity contribution in [2.24, 2.45) is 0 Å². The maximum Gasteiger partial charge on any atom is 0.289 e. The van der Waals surface area contributed by atoms with Crippen LogP contribution in [0.25, 0.3) is 6.08 Å². The summed E-state index contributed by atoms with van der Waals surface area (Å²) < 4.78 is 6.22. The number of amides is 2. The van der Waals surface area contributed by atoms with Crippen molar-refractivity contribution in [3.8, 4) is 0 Å². The zero-order valence-electron chi connectivity index (χ0n) is 21.1. The number of ether oxygens (including phenoxy) is 1. The molecule has 2 amide bonds. The summed E-state index contributed by atoms with van der Waals surface area (Å²) in [5.41, 5.74) is 4.36. The maximum atomic E-state index is 13.5. The minimum absolute atomic E-state index is 0.00643. The lowest BCUT2D eigenvalue weighted by molar-refractivity contribution is -0.154. The van der Waals surface area contributed by atoms with Gasteiger partial charge >= 0.3 is 0 Å². The van der Waals surface area contributed by atoms with Crippen LogP contribution in [-0.4, -0.2) is 66.5 Å². The van der Waals surface area contributed by atoms with Crippen molar-refractivity contribution < 1.29 is 14.3 Å². The molecule has 2 aromatic rings. The number of anilines is 1. The van der Waals surface area contributed by atoms with Crippen LogP contribution in [0.2, 0.25) is 5.02 Å². The molecule has 6 nitrogen and oxygen atoms in total. The molecule has 0 aromatic heterocycles. The van der Waals surface area contributed by atoms with Crippen LogP contribution < -0.4 is 4.90 Å². The summed E-state index contributed by atoms with van der Waals surface area (Å²) in [6, 6.07) is 13.9. The van der Waals surface area contributed by atoms with Gasteiger partial charge in [-0.05, 0) is 62.4 Å². The monoisotopic (exact) mass is 507 g/mol. The lowest BCUT2D eigenvalue weighted by Crippen LogP contribution is -2.58. The molecule has 2 heterocycles. The number of carbonyl (C=O) groups excluding carboxylic acids is 2. The SMILES string of the molecule is Cc1cccc(/C=C2/OC3CCCCC3N(CC(=O)N3CCN(c4cc(Cl)ccc4C)CC3)C2=O)c1. The summed E-state index contributed by atoms with van der Waals surface area (Å²) in [4.78, 5) is 32.9. The molecule has 7 heteroatoms. The van der Waals surface area contributed by atoms with E-state index in [2.05, 4.69) is 11.8 Å². The van der Waals surface area contributed by atoms with Crippen LogP contribution in [0.15, 0.2) is 48.2 Å². The number of carbonyl (C=O) groups is 2. The third-order valence-electron chi connectivity index (χ3n) is 7.61. The molecule has 2 saturated heterocycles. The summed E-state index contributed by atoms with van der Waals surface area (Å²) in [6.45, 7) is 6.96. The fourth-order valence-corrected chi connectivity index (χ4v) is 5.81. The Balaban J connectivity index is 1.29. The molecular weight excluding hydrogens is 474 g/mol. The third kappa shape index (κ3) is 5.24. The van der Waals surface area contributed by atoms with Gasteiger partial charge in [0.05, 0.1) is 6.04 Å². The first kappa shape index (κ1) is 24.7. The molecule has 3 fully saturated rings. The largest absolute Gasteiger partial charge is 0.482 e. The number of morpholine rings is 1. The normalized spacial score (nSPS) is 23.5. The first-order valence-corrected chi connectivity index (χ1v) is 13.3. The van der Waals surface area contributed by atoms with Crippen molar-refractivity contribution in [2.45, 2.75) is 51.7 Å². The maximum absolute atomic E-state index is 13.5. The van der Waals surface area contributed by atoms with E-state index in [0.717, 1.165) is 60.6 Å². The van der Waals surface area contributed by atoms with Crippen LogP contribution >= 0.6 is 11.6 Å². The van der Waals surface area contributed by atoms with Gasteiger partial charge in [-0.25, -0.2) is 0 Å². The Hall–Kier alpha value is -2.99. The second-order valence-corrected chi connectivity index (χ2v) is 10.6.